The van der Waals surface area contributed by atoms with Crippen molar-refractivity contribution in [2.75, 3.05) is 19.0 Å². The summed E-state index contributed by atoms with van der Waals surface area (Å²) >= 11 is 4.68. The summed E-state index contributed by atoms with van der Waals surface area (Å²) in [6, 6.07) is 7.05. The van der Waals surface area contributed by atoms with Crippen molar-refractivity contribution in [2.24, 2.45) is 0 Å². The molecular formula is C15H12BrNO3S. The number of amides is 1. The lowest BCUT2D eigenvalue weighted by atomic mass is 10.2. The summed E-state index contributed by atoms with van der Waals surface area (Å²) in [7, 11) is 1.58. The van der Waals surface area contributed by atoms with Gasteiger partial charge >= 0.3 is 0 Å². The van der Waals surface area contributed by atoms with Crippen molar-refractivity contribution < 1.29 is 14.6 Å². The lowest BCUT2D eigenvalue weighted by Gasteiger charge is -2.07. The van der Waals surface area contributed by atoms with E-state index in [-0.39, 0.29) is 12.5 Å². The minimum atomic E-state index is -0.234. The summed E-state index contributed by atoms with van der Waals surface area (Å²) in [4.78, 5) is 12.8. The standard InChI is InChI=1S/C15H12BrNO3S/c1-20-13-5-4-11(9-12(13)16)17-15(19)14-10(3-2-7-18)6-8-21-14/h4-6,8-9,18H,7H2,1H3,(H,17,19). The van der Waals surface area contributed by atoms with Crippen LogP contribution in [0.25, 0.3) is 0 Å². The average Bonchev–Trinajstić information content (AvgIpc) is 2.93. The number of methoxy groups -OCH3 is 1. The molecule has 6 heteroatoms. The number of aliphatic hydroxyl groups is 1. The van der Waals surface area contributed by atoms with E-state index in [0.29, 0.717) is 21.9 Å². The summed E-state index contributed by atoms with van der Waals surface area (Å²) in [6.45, 7) is -0.234. The Balaban J connectivity index is 2.18. The second-order valence-corrected chi connectivity index (χ2v) is 5.70. The molecule has 0 bridgehead atoms. The molecule has 0 saturated carbocycles. The molecule has 0 aliphatic heterocycles. The summed E-state index contributed by atoms with van der Waals surface area (Å²) in [6.07, 6.45) is 0. The molecule has 1 amide bonds. The van der Waals surface area contributed by atoms with E-state index in [1.54, 1.807) is 36.8 Å². The van der Waals surface area contributed by atoms with E-state index in [9.17, 15) is 4.79 Å². The van der Waals surface area contributed by atoms with Crippen molar-refractivity contribution in [1.29, 1.82) is 0 Å². The number of hydrogen-bond donors (Lipinski definition) is 2. The zero-order valence-corrected chi connectivity index (χ0v) is 13.5. The third-order valence-corrected chi connectivity index (χ3v) is 4.12. The molecule has 1 aromatic carbocycles. The maximum Gasteiger partial charge on any atom is 0.267 e. The number of carbonyl (C=O) groups is 1. The van der Waals surface area contributed by atoms with E-state index < -0.39 is 0 Å². The molecule has 4 nitrogen and oxygen atoms in total. The van der Waals surface area contributed by atoms with Crippen LogP contribution in [-0.2, 0) is 0 Å². The van der Waals surface area contributed by atoms with Crippen LogP contribution in [0.1, 0.15) is 15.2 Å². The zero-order chi connectivity index (χ0) is 15.2. The molecule has 0 aliphatic carbocycles. The van der Waals surface area contributed by atoms with Crippen LogP contribution in [0.5, 0.6) is 5.75 Å². The van der Waals surface area contributed by atoms with Crippen LogP contribution in [0, 0.1) is 11.8 Å². The highest BCUT2D eigenvalue weighted by molar-refractivity contribution is 9.10. The molecule has 0 spiro atoms. The number of carbonyl (C=O) groups excluding carboxylic acids is 1. The number of thiophene rings is 1. The summed E-state index contributed by atoms with van der Waals surface area (Å²) in [5.74, 6) is 5.76. The van der Waals surface area contributed by atoms with Gasteiger partial charge in [-0.15, -0.1) is 11.3 Å². The van der Waals surface area contributed by atoms with Crippen molar-refractivity contribution >= 4 is 38.9 Å². The number of hydrogen-bond acceptors (Lipinski definition) is 4. The SMILES string of the molecule is COc1ccc(NC(=O)c2sccc2C#CCO)cc1Br. The highest BCUT2D eigenvalue weighted by Gasteiger charge is 2.13. The third-order valence-electron chi connectivity index (χ3n) is 2.58. The van der Waals surface area contributed by atoms with Crippen molar-refractivity contribution in [3.05, 3.63) is 44.6 Å². The second-order valence-electron chi connectivity index (χ2n) is 3.93. The first-order valence-electron chi connectivity index (χ1n) is 5.98. The fraction of sp³-hybridized carbons (Fsp3) is 0.133. The van der Waals surface area contributed by atoms with Crippen LogP contribution in [0.15, 0.2) is 34.1 Å². The van der Waals surface area contributed by atoms with Gasteiger partial charge in [0.1, 0.15) is 17.2 Å². The van der Waals surface area contributed by atoms with Gasteiger partial charge in [0.25, 0.3) is 5.91 Å². The van der Waals surface area contributed by atoms with Gasteiger partial charge in [-0.05, 0) is 45.6 Å². The van der Waals surface area contributed by atoms with E-state index in [1.807, 2.05) is 0 Å². The minimum Gasteiger partial charge on any atom is -0.496 e. The Bertz CT molecular complexity index is 715. The highest BCUT2D eigenvalue weighted by Crippen LogP contribution is 2.28. The number of benzene rings is 1. The smallest absolute Gasteiger partial charge is 0.267 e. The number of anilines is 1. The Kier molecular flexibility index (Phi) is 5.39. The molecule has 0 atom stereocenters. The number of nitrogens with one attached hydrogen (secondary N) is 1. The van der Waals surface area contributed by atoms with Crippen molar-refractivity contribution in [2.45, 2.75) is 0 Å². The Morgan fingerprint density at radius 1 is 1.48 bits per heavy atom. The molecule has 2 N–H and O–H groups in total. The molecule has 0 aliphatic rings. The van der Waals surface area contributed by atoms with Gasteiger partial charge in [0.2, 0.25) is 0 Å². The molecule has 2 aromatic rings. The lowest BCUT2D eigenvalue weighted by Crippen LogP contribution is -2.11. The van der Waals surface area contributed by atoms with Crippen LogP contribution < -0.4 is 10.1 Å². The Morgan fingerprint density at radius 2 is 2.29 bits per heavy atom. The summed E-state index contributed by atoms with van der Waals surface area (Å²) in [5.41, 5.74) is 1.27. The number of halogens is 1. The van der Waals surface area contributed by atoms with E-state index >= 15 is 0 Å². The maximum absolute atomic E-state index is 12.2. The molecule has 0 saturated heterocycles. The summed E-state index contributed by atoms with van der Waals surface area (Å²) in [5, 5.41) is 13.3. The van der Waals surface area contributed by atoms with E-state index in [1.165, 1.54) is 11.3 Å². The normalized spacial score (nSPS) is 9.67. The van der Waals surface area contributed by atoms with Gasteiger partial charge in [0.15, 0.2) is 0 Å². The summed E-state index contributed by atoms with van der Waals surface area (Å²) < 4.78 is 5.90. The Morgan fingerprint density at radius 3 is 2.95 bits per heavy atom. The lowest BCUT2D eigenvalue weighted by molar-refractivity contribution is 0.103. The predicted octanol–water partition coefficient (Wildman–Crippen LogP) is 3.12. The minimum absolute atomic E-state index is 0.232. The Labute approximate surface area is 134 Å². The Hall–Kier alpha value is -1.81. The molecule has 108 valence electrons. The molecule has 1 aromatic heterocycles. The zero-order valence-electron chi connectivity index (χ0n) is 11.1. The molecule has 0 radical (unpaired) electrons. The topological polar surface area (TPSA) is 58.6 Å². The first kappa shape index (κ1) is 15.6. The molecule has 0 fully saturated rings. The largest absolute Gasteiger partial charge is 0.496 e. The second kappa shape index (κ2) is 7.27. The van der Waals surface area contributed by atoms with Gasteiger partial charge in [0, 0.05) is 11.3 Å². The first-order valence-corrected chi connectivity index (χ1v) is 7.65. The van der Waals surface area contributed by atoms with E-state index in [4.69, 9.17) is 9.84 Å². The first-order chi connectivity index (χ1) is 10.2. The van der Waals surface area contributed by atoms with Crippen LogP contribution in [-0.4, -0.2) is 24.7 Å². The van der Waals surface area contributed by atoms with Crippen molar-refractivity contribution in [3.8, 4) is 17.6 Å². The van der Waals surface area contributed by atoms with Gasteiger partial charge < -0.3 is 15.2 Å². The highest BCUT2D eigenvalue weighted by atomic mass is 79.9. The number of rotatable bonds is 3. The molecule has 2 rings (SSSR count). The monoisotopic (exact) mass is 365 g/mol. The van der Waals surface area contributed by atoms with Crippen LogP contribution in [0.4, 0.5) is 5.69 Å². The fourth-order valence-electron chi connectivity index (χ4n) is 1.65. The molecule has 0 unspecified atom stereocenters. The van der Waals surface area contributed by atoms with Gasteiger partial charge in [0.05, 0.1) is 11.6 Å². The number of aliphatic hydroxyl groups excluding tert-OH is 1. The quantitative estimate of drug-likeness (QED) is 0.821. The maximum atomic E-state index is 12.2. The van der Waals surface area contributed by atoms with E-state index in [0.717, 1.165) is 4.47 Å². The van der Waals surface area contributed by atoms with Crippen LogP contribution in [0.3, 0.4) is 0 Å². The predicted molar refractivity (Wildman–Crippen MR) is 86.9 cm³/mol. The van der Waals surface area contributed by atoms with Crippen molar-refractivity contribution in [3.63, 3.8) is 0 Å². The average molecular weight is 366 g/mol. The molecule has 1 heterocycles. The van der Waals surface area contributed by atoms with Gasteiger partial charge in [-0.1, -0.05) is 11.8 Å². The van der Waals surface area contributed by atoms with Gasteiger partial charge in [-0.2, -0.15) is 0 Å². The molecule has 21 heavy (non-hydrogen) atoms. The number of ether oxygens (including phenoxy) is 1. The van der Waals surface area contributed by atoms with Gasteiger partial charge in [-0.25, -0.2) is 0 Å². The molecular weight excluding hydrogens is 354 g/mol. The van der Waals surface area contributed by atoms with Crippen LogP contribution >= 0.6 is 27.3 Å². The third kappa shape index (κ3) is 3.85. The fourth-order valence-corrected chi connectivity index (χ4v) is 2.94. The van der Waals surface area contributed by atoms with Crippen LogP contribution in [0.2, 0.25) is 0 Å². The van der Waals surface area contributed by atoms with E-state index in [2.05, 4.69) is 33.1 Å². The van der Waals surface area contributed by atoms with Gasteiger partial charge in [-0.3, -0.25) is 4.79 Å². The van der Waals surface area contributed by atoms with Crippen molar-refractivity contribution in [1.82, 2.24) is 0 Å².